The topological polar surface area (TPSA) is 87.7 Å². The standard InChI is InChI=1S/C15H18N2O4/c18-13(12-9-10-3-1-2-4-11(10)16-12)17-15(14(19)20)5-7-21-8-6-15/h1-4,12,16H,5-9H2,(H,17,18)(H,19,20). The number of benzene rings is 1. The highest BCUT2D eigenvalue weighted by Gasteiger charge is 2.43. The van der Waals surface area contributed by atoms with Gasteiger partial charge in [-0.25, -0.2) is 4.79 Å². The number of aliphatic carboxylic acids is 1. The first kappa shape index (κ1) is 13.9. The van der Waals surface area contributed by atoms with E-state index in [2.05, 4.69) is 10.6 Å². The van der Waals surface area contributed by atoms with Crippen LogP contribution in [-0.2, 0) is 20.7 Å². The molecule has 1 unspecified atom stereocenters. The van der Waals surface area contributed by atoms with Crippen LogP contribution in [0.5, 0.6) is 0 Å². The van der Waals surface area contributed by atoms with Gasteiger partial charge in [-0.15, -0.1) is 0 Å². The molecule has 112 valence electrons. The Morgan fingerprint density at radius 2 is 2.00 bits per heavy atom. The van der Waals surface area contributed by atoms with Gasteiger partial charge in [-0.05, 0) is 11.6 Å². The zero-order valence-electron chi connectivity index (χ0n) is 11.6. The van der Waals surface area contributed by atoms with Gasteiger partial charge < -0.3 is 20.5 Å². The van der Waals surface area contributed by atoms with Gasteiger partial charge in [-0.3, -0.25) is 4.79 Å². The van der Waals surface area contributed by atoms with E-state index in [1.54, 1.807) is 0 Å². The predicted octanol–water partition coefficient (Wildman–Crippen LogP) is 0.773. The van der Waals surface area contributed by atoms with Gasteiger partial charge >= 0.3 is 5.97 Å². The molecule has 2 aliphatic rings. The van der Waals surface area contributed by atoms with E-state index in [0.29, 0.717) is 32.5 Å². The molecule has 1 amide bonds. The van der Waals surface area contributed by atoms with Crippen molar-refractivity contribution in [3.8, 4) is 0 Å². The van der Waals surface area contributed by atoms with Gasteiger partial charge in [0.2, 0.25) is 5.91 Å². The Morgan fingerprint density at radius 1 is 1.29 bits per heavy atom. The Kier molecular flexibility index (Phi) is 3.55. The minimum atomic E-state index is -1.20. The molecule has 0 bridgehead atoms. The number of carboxylic acids is 1. The molecule has 0 aromatic heterocycles. The Labute approximate surface area is 122 Å². The normalized spacial score (nSPS) is 23.0. The van der Waals surface area contributed by atoms with E-state index in [1.807, 2.05) is 24.3 Å². The zero-order valence-corrected chi connectivity index (χ0v) is 11.6. The fourth-order valence-corrected chi connectivity index (χ4v) is 2.89. The molecule has 3 N–H and O–H groups in total. The van der Waals surface area contributed by atoms with Crippen molar-refractivity contribution < 1.29 is 19.4 Å². The number of rotatable bonds is 3. The van der Waals surface area contributed by atoms with E-state index >= 15 is 0 Å². The molecule has 2 heterocycles. The van der Waals surface area contributed by atoms with Gasteiger partial charge in [-0.2, -0.15) is 0 Å². The van der Waals surface area contributed by atoms with Crippen LogP contribution < -0.4 is 10.6 Å². The SMILES string of the molecule is O=C(NC1(C(=O)O)CCOCC1)C1Cc2ccccc2N1. The first-order chi connectivity index (χ1) is 10.1. The molecule has 1 atom stereocenters. The molecule has 6 nitrogen and oxygen atoms in total. The maximum Gasteiger partial charge on any atom is 0.329 e. The highest BCUT2D eigenvalue weighted by molar-refractivity contribution is 5.92. The first-order valence-corrected chi connectivity index (χ1v) is 7.08. The fraction of sp³-hybridized carbons (Fsp3) is 0.467. The van der Waals surface area contributed by atoms with E-state index in [9.17, 15) is 14.7 Å². The number of para-hydroxylation sites is 1. The van der Waals surface area contributed by atoms with Crippen LogP contribution in [0.15, 0.2) is 24.3 Å². The second kappa shape index (κ2) is 5.37. The summed E-state index contributed by atoms with van der Waals surface area (Å²) in [4.78, 5) is 24.0. The average Bonchev–Trinajstić information content (AvgIpc) is 2.92. The maximum absolute atomic E-state index is 12.4. The summed E-state index contributed by atoms with van der Waals surface area (Å²) >= 11 is 0. The van der Waals surface area contributed by atoms with Crippen LogP contribution in [-0.4, -0.2) is 41.8 Å². The van der Waals surface area contributed by atoms with Crippen LogP contribution in [0.1, 0.15) is 18.4 Å². The van der Waals surface area contributed by atoms with Crippen molar-refractivity contribution >= 4 is 17.6 Å². The van der Waals surface area contributed by atoms with Crippen molar-refractivity contribution in [3.05, 3.63) is 29.8 Å². The van der Waals surface area contributed by atoms with E-state index in [-0.39, 0.29) is 5.91 Å². The van der Waals surface area contributed by atoms with Crippen LogP contribution in [0.4, 0.5) is 5.69 Å². The summed E-state index contributed by atoms with van der Waals surface area (Å²) in [6, 6.07) is 7.31. The van der Waals surface area contributed by atoms with Crippen molar-refractivity contribution in [3.63, 3.8) is 0 Å². The number of ether oxygens (including phenoxy) is 1. The summed E-state index contributed by atoms with van der Waals surface area (Å²) in [5, 5.41) is 15.3. The Hall–Kier alpha value is -2.08. The number of fused-ring (bicyclic) bond motifs is 1. The number of carbonyl (C=O) groups is 2. The fourth-order valence-electron chi connectivity index (χ4n) is 2.89. The van der Waals surface area contributed by atoms with Crippen molar-refractivity contribution in [2.24, 2.45) is 0 Å². The molecule has 21 heavy (non-hydrogen) atoms. The molecule has 1 aromatic carbocycles. The third kappa shape index (κ3) is 2.58. The third-order valence-corrected chi connectivity index (χ3v) is 4.21. The molecule has 1 saturated heterocycles. The largest absolute Gasteiger partial charge is 0.480 e. The summed E-state index contributed by atoms with van der Waals surface area (Å²) < 4.78 is 5.20. The summed E-state index contributed by atoms with van der Waals surface area (Å²) in [5.74, 6) is -1.26. The smallest absolute Gasteiger partial charge is 0.329 e. The van der Waals surface area contributed by atoms with Crippen molar-refractivity contribution in [2.75, 3.05) is 18.5 Å². The maximum atomic E-state index is 12.4. The van der Waals surface area contributed by atoms with Gasteiger partial charge in [0.1, 0.15) is 11.6 Å². The third-order valence-electron chi connectivity index (χ3n) is 4.21. The Balaban J connectivity index is 1.70. The van der Waals surface area contributed by atoms with E-state index < -0.39 is 17.6 Å². The van der Waals surface area contributed by atoms with Crippen LogP contribution in [0.3, 0.4) is 0 Å². The van der Waals surface area contributed by atoms with Crippen LogP contribution >= 0.6 is 0 Å². The lowest BCUT2D eigenvalue weighted by molar-refractivity contribution is -0.152. The van der Waals surface area contributed by atoms with Gasteiger partial charge in [0.15, 0.2) is 0 Å². The van der Waals surface area contributed by atoms with Crippen LogP contribution in [0, 0.1) is 0 Å². The lowest BCUT2D eigenvalue weighted by Crippen LogP contribution is -2.60. The highest BCUT2D eigenvalue weighted by atomic mass is 16.5. The van der Waals surface area contributed by atoms with Crippen LogP contribution in [0.25, 0.3) is 0 Å². The van der Waals surface area contributed by atoms with Crippen molar-refractivity contribution in [1.82, 2.24) is 5.32 Å². The molecule has 0 aliphatic carbocycles. The minimum Gasteiger partial charge on any atom is -0.480 e. The van der Waals surface area contributed by atoms with Crippen molar-refractivity contribution in [1.29, 1.82) is 0 Å². The van der Waals surface area contributed by atoms with Crippen molar-refractivity contribution in [2.45, 2.75) is 30.8 Å². The number of amides is 1. The number of nitrogens with one attached hydrogen (secondary N) is 2. The summed E-state index contributed by atoms with van der Waals surface area (Å²) in [5.41, 5.74) is 0.814. The number of carboxylic acid groups (broad SMARTS) is 1. The molecule has 6 heteroatoms. The Bertz CT molecular complexity index is 542. The monoisotopic (exact) mass is 290 g/mol. The zero-order chi connectivity index (χ0) is 14.9. The molecule has 1 aromatic rings. The number of hydrogen-bond acceptors (Lipinski definition) is 4. The molecule has 3 rings (SSSR count). The van der Waals surface area contributed by atoms with Gasteiger partial charge in [0, 0.05) is 38.2 Å². The summed E-state index contributed by atoms with van der Waals surface area (Å²) in [6.07, 6.45) is 1.18. The highest BCUT2D eigenvalue weighted by Crippen LogP contribution is 2.27. The number of anilines is 1. The van der Waals surface area contributed by atoms with E-state index in [1.165, 1.54) is 0 Å². The lowest BCUT2D eigenvalue weighted by Gasteiger charge is -2.34. The van der Waals surface area contributed by atoms with E-state index in [0.717, 1.165) is 11.3 Å². The second-order valence-electron chi connectivity index (χ2n) is 5.55. The average molecular weight is 290 g/mol. The van der Waals surface area contributed by atoms with Gasteiger partial charge in [0.25, 0.3) is 0 Å². The Morgan fingerprint density at radius 3 is 2.67 bits per heavy atom. The van der Waals surface area contributed by atoms with Gasteiger partial charge in [0.05, 0.1) is 0 Å². The van der Waals surface area contributed by atoms with Crippen LogP contribution in [0.2, 0.25) is 0 Å². The first-order valence-electron chi connectivity index (χ1n) is 7.08. The van der Waals surface area contributed by atoms with Gasteiger partial charge in [-0.1, -0.05) is 18.2 Å². The summed E-state index contributed by atoms with van der Waals surface area (Å²) in [7, 11) is 0. The molecule has 2 aliphatic heterocycles. The second-order valence-corrected chi connectivity index (χ2v) is 5.55. The molecule has 1 fully saturated rings. The lowest BCUT2D eigenvalue weighted by atomic mass is 9.89. The van der Waals surface area contributed by atoms with E-state index in [4.69, 9.17) is 4.74 Å². The molecular formula is C15H18N2O4. The molecular weight excluding hydrogens is 272 g/mol. The quantitative estimate of drug-likeness (QED) is 0.765. The molecule has 0 saturated carbocycles. The summed E-state index contributed by atoms with van der Waals surface area (Å²) in [6.45, 7) is 0.704. The molecule has 0 radical (unpaired) electrons. The number of hydrogen-bond donors (Lipinski definition) is 3. The minimum absolute atomic E-state index is 0.268. The molecule has 0 spiro atoms. The predicted molar refractivity (Wildman–Crippen MR) is 76.1 cm³/mol. The number of carbonyl (C=O) groups excluding carboxylic acids is 1.